The molecule has 2 nitrogen and oxygen atoms in total. The third kappa shape index (κ3) is 3.54. The van der Waals surface area contributed by atoms with Crippen molar-refractivity contribution < 1.29 is 0 Å². The molecule has 1 heterocycles. The Bertz CT molecular complexity index is 252. The van der Waals surface area contributed by atoms with Gasteiger partial charge in [-0.25, -0.2) is 4.98 Å². The van der Waals surface area contributed by atoms with Gasteiger partial charge in [0.25, 0.3) is 0 Å². The van der Waals surface area contributed by atoms with Crippen molar-refractivity contribution in [3.8, 4) is 0 Å². The molecule has 0 radical (unpaired) electrons. The number of hydrogen-bond acceptors (Lipinski definition) is 3. The lowest BCUT2D eigenvalue weighted by Gasteiger charge is -2.17. The molecular weight excluding hydrogens is 236 g/mol. The Hall–Kier alpha value is -0.0900. The highest BCUT2D eigenvalue weighted by molar-refractivity contribution is 9.10. The Labute approximate surface area is 85.5 Å². The lowest BCUT2D eigenvalue weighted by atomic mass is 9.97. The van der Waals surface area contributed by atoms with Crippen LogP contribution in [0.15, 0.2) is 9.98 Å². The van der Waals surface area contributed by atoms with E-state index in [1.807, 2.05) is 5.38 Å². The van der Waals surface area contributed by atoms with Crippen LogP contribution >= 0.6 is 27.3 Å². The maximum absolute atomic E-state index is 4.24. The van der Waals surface area contributed by atoms with E-state index in [0.29, 0.717) is 5.41 Å². The number of thiazole rings is 1. The van der Waals surface area contributed by atoms with Crippen molar-refractivity contribution in [1.29, 1.82) is 0 Å². The topological polar surface area (TPSA) is 24.9 Å². The first-order chi connectivity index (χ1) is 5.47. The van der Waals surface area contributed by atoms with Gasteiger partial charge in [0.15, 0.2) is 5.13 Å². The molecular formula is C8H13BrN2S. The molecule has 1 rings (SSSR count). The predicted molar refractivity (Wildman–Crippen MR) is 57.8 cm³/mol. The molecule has 68 valence electrons. The van der Waals surface area contributed by atoms with Crippen LogP contribution in [0.2, 0.25) is 0 Å². The van der Waals surface area contributed by atoms with Gasteiger partial charge < -0.3 is 5.32 Å². The lowest BCUT2D eigenvalue weighted by molar-refractivity contribution is 0.443. The van der Waals surface area contributed by atoms with Crippen molar-refractivity contribution in [2.24, 2.45) is 5.41 Å². The normalized spacial score (nSPS) is 11.7. The van der Waals surface area contributed by atoms with E-state index in [1.165, 1.54) is 0 Å². The van der Waals surface area contributed by atoms with Crippen LogP contribution in [0.4, 0.5) is 5.13 Å². The molecule has 1 aromatic rings. The van der Waals surface area contributed by atoms with Gasteiger partial charge in [-0.2, -0.15) is 0 Å². The Morgan fingerprint density at radius 1 is 1.58 bits per heavy atom. The molecule has 0 amide bonds. The molecule has 1 N–H and O–H groups in total. The summed E-state index contributed by atoms with van der Waals surface area (Å²) in [5, 5.41) is 6.24. The fraction of sp³-hybridized carbons (Fsp3) is 0.625. The SMILES string of the molecule is CC(C)(C)CNc1nc(Br)cs1. The molecule has 0 aliphatic carbocycles. The van der Waals surface area contributed by atoms with E-state index in [4.69, 9.17) is 0 Å². The standard InChI is InChI=1S/C8H13BrN2S/c1-8(2,3)5-10-7-11-6(9)4-12-7/h4H,5H2,1-3H3,(H,10,11). The Morgan fingerprint density at radius 3 is 2.67 bits per heavy atom. The number of aromatic nitrogens is 1. The first-order valence-corrected chi connectivity index (χ1v) is 5.49. The van der Waals surface area contributed by atoms with E-state index in [9.17, 15) is 0 Å². The fourth-order valence-corrected chi connectivity index (χ4v) is 1.82. The van der Waals surface area contributed by atoms with Gasteiger partial charge in [-0.15, -0.1) is 11.3 Å². The molecule has 0 aromatic carbocycles. The minimum absolute atomic E-state index is 0.304. The smallest absolute Gasteiger partial charge is 0.183 e. The van der Waals surface area contributed by atoms with Crippen molar-refractivity contribution in [2.45, 2.75) is 20.8 Å². The summed E-state index contributed by atoms with van der Waals surface area (Å²) in [5.41, 5.74) is 0.304. The summed E-state index contributed by atoms with van der Waals surface area (Å²) in [4.78, 5) is 4.24. The van der Waals surface area contributed by atoms with Gasteiger partial charge in [0, 0.05) is 11.9 Å². The highest BCUT2D eigenvalue weighted by Gasteiger charge is 2.10. The van der Waals surface area contributed by atoms with Crippen LogP contribution in [-0.4, -0.2) is 11.5 Å². The van der Waals surface area contributed by atoms with Crippen molar-refractivity contribution in [1.82, 2.24) is 4.98 Å². The number of rotatable bonds is 2. The van der Waals surface area contributed by atoms with E-state index in [1.54, 1.807) is 11.3 Å². The van der Waals surface area contributed by atoms with Gasteiger partial charge in [-0.3, -0.25) is 0 Å². The molecule has 4 heteroatoms. The molecule has 0 aliphatic rings. The second-order valence-electron chi connectivity index (χ2n) is 3.89. The third-order valence-electron chi connectivity index (χ3n) is 1.25. The van der Waals surface area contributed by atoms with Gasteiger partial charge in [0.1, 0.15) is 4.60 Å². The maximum atomic E-state index is 4.24. The number of nitrogens with zero attached hydrogens (tertiary/aromatic N) is 1. The first-order valence-electron chi connectivity index (χ1n) is 3.82. The van der Waals surface area contributed by atoms with E-state index < -0.39 is 0 Å². The maximum Gasteiger partial charge on any atom is 0.183 e. The van der Waals surface area contributed by atoms with E-state index >= 15 is 0 Å². The van der Waals surface area contributed by atoms with Crippen LogP contribution in [0.1, 0.15) is 20.8 Å². The van der Waals surface area contributed by atoms with Crippen LogP contribution in [0.5, 0.6) is 0 Å². The highest BCUT2D eigenvalue weighted by atomic mass is 79.9. The summed E-state index contributed by atoms with van der Waals surface area (Å²) in [6, 6.07) is 0. The molecule has 1 aromatic heterocycles. The lowest BCUT2D eigenvalue weighted by Crippen LogP contribution is -2.18. The minimum atomic E-state index is 0.304. The first kappa shape index (κ1) is 9.99. The van der Waals surface area contributed by atoms with E-state index in [-0.39, 0.29) is 0 Å². The average Bonchev–Trinajstić information content (AvgIpc) is 2.30. The van der Waals surface area contributed by atoms with Crippen molar-refractivity contribution in [2.75, 3.05) is 11.9 Å². The zero-order valence-corrected chi connectivity index (χ0v) is 9.92. The van der Waals surface area contributed by atoms with Crippen molar-refractivity contribution in [3.63, 3.8) is 0 Å². The largest absolute Gasteiger partial charge is 0.361 e. The third-order valence-corrected chi connectivity index (χ3v) is 2.76. The second-order valence-corrected chi connectivity index (χ2v) is 5.56. The van der Waals surface area contributed by atoms with Gasteiger partial charge in [-0.1, -0.05) is 20.8 Å². The van der Waals surface area contributed by atoms with Gasteiger partial charge in [-0.05, 0) is 21.3 Å². The molecule has 0 saturated carbocycles. The number of halogens is 1. The molecule has 0 bridgehead atoms. The van der Waals surface area contributed by atoms with Crippen molar-refractivity contribution in [3.05, 3.63) is 9.98 Å². The van der Waals surface area contributed by atoms with Gasteiger partial charge in [0.05, 0.1) is 0 Å². The van der Waals surface area contributed by atoms with Crippen molar-refractivity contribution >= 4 is 32.4 Å². The van der Waals surface area contributed by atoms with Gasteiger partial charge in [0.2, 0.25) is 0 Å². The number of anilines is 1. The zero-order chi connectivity index (χ0) is 9.19. The highest BCUT2D eigenvalue weighted by Crippen LogP contribution is 2.21. The zero-order valence-electron chi connectivity index (χ0n) is 7.52. The molecule has 0 atom stereocenters. The van der Waals surface area contributed by atoms with Gasteiger partial charge >= 0.3 is 0 Å². The molecule has 0 unspecified atom stereocenters. The average molecular weight is 249 g/mol. The predicted octanol–water partition coefficient (Wildman–Crippen LogP) is 3.36. The summed E-state index contributed by atoms with van der Waals surface area (Å²) in [5.74, 6) is 0. The van der Waals surface area contributed by atoms with Crippen LogP contribution in [-0.2, 0) is 0 Å². The number of hydrogen-bond donors (Lipinski definition) is 1. The molecule has 0 aliphatic heterocycles. The fourth-order valence-electron chi connectivity index (χ4n) is 0.676. The summed E-state index contributed by atoms with van der Waals surface area (Å²) in [6.07, 6.45) is 0. The van der Waals surface area contributed by atoms with Crippen LogP contribution < -0.4 is 5.32 Å². The Balaban J connectivity index is 2.44. The molecule has 12 heavy (non-hydrogen) atoms. The Kier molecular flexibility index (Phi) is 3.12. The summed E-state index contributed by atoms with van der Waals surface area (Å²) < 4.78 is 0.906. The van der Waals surface area contributed by atoms with Crippen LogP contribution in [0.3, 0.4) is 0 Å². The molecule has 0 fully saturated rings. The quantitative estimate of drug-likeness (QED) is 0.869. The van der Waals surface area contributed by atoms with Crippen LogP contribution in [0.25, 0.3) is 0 Å². The van der Waals surface area contributed by atoms with Crippen LogP contribution in [0, 0.1) is 5.41 Å². The summed E-state index contributed by atoms with van der Waals surface area (Å²) in [7, 11) is 0. The van der Waals surface area contributed by atoms with E-state index in [0.717, 1.165) is 16.3 Å². The number of nitrogens with one attached hydrogen (secondary N) is 1. The summed E-state index contributed by atoms with van der Waals surface area (Å²) >= 11 is 4.93. The molecule has 0 saturated heterocycles. The molecule has 0 spiro atoms. The van der Waals surface area contributed by atoms with E-state index in [2.05, 4.69) is 47.0 Å². The summed E-state index contributed by atoms with van der Waals surface area (Å²) in [6.45, 7) is 7.54. The minimum Gasteiger partial charge on any atom is -0.361 e. The Morgan fingerprint density at radius 2 is 2.25 bits per heavy atom. The second kappa shape index (κ2) is 3.75. The monoisotopic (exact) mass is 248 g/mol.